The molecule has 0 saturated carbocycles. The molecule has 1 saturated heterocycles. The standard InChI is InChI=1S/C19H21N5O/c1-2-16-8-3-4-9-24(16)18-11-17(21-13-22-18)19(25)23-15-7-5-6-14(10-15)12-20/h5-7,10-11,13,16H,2-4,8-9H2,1H3,(H,23,25). The van der Waals surface area contributed by atoms with Crippen LogP contribution < -0.4 is 10.2 Å². The zero-order chi connectivity index (χ0) is 17.6. The van der Waals surface area contributed by atoms with Gasteiger partial charge in [0.25, 0.3) is 5.91 Å². The van der Waals surface area contributed by atoms with Crippen LogP contribution in [-0.2, 0) is 0 Å². The number of aromatic nitrogens is 2. The Hall–Kier alpha value is -2.94. The Balaban J connectivity index is 1.78. The number of carbonyl (C=O) groups excluding carboxylic acids is 1. The van der Waals surface area contributed by atoms with E-state index in [1.807, 2.05) is 0 Å². The van der Waals surface area contributed by atoms with Gasteiger partial charge in [0.05, 0.1) is 11.6 Å². The average molecular weight is 335 g/mol. The van der Waals surface area contributed by atoms with Crippen molar-refractivity contribution in [3.05, 3.63) is 47.9 Å². The van der Waals surface area contributed by atoms with Crippen LogP contribution in [0.3, 0.4) is 0 Å². The number of carbonyl (C=O) groups is 1. The molecule has 1 aromatic heterocycles. The van der Waals surface area contributed by atoms with Crippen molar-refractivity contribution in [3.63, 3.8) is 0 Å². The van der Waals surface area contributed by atoms with Crippen LogP contribution in [0, 0.1) is 11.3 Å². The molecule has 1 N–H and O–H groups in total. The highest BCUT2D eigenvalue weighted by atomic mass is 16.1. The van der Waals surface area contributed by atoms with E-state index in [2.05, 4.69) is 33.2 Å². The second-order valence-electron chi connectivity index (χ2n) is 6.16. The molecule has 3 rings (SSSR count). The lowest BCUT2D eigenvalue weighted by atomic mass is 10.00. The lowest BCUT2D eigenvalue weighted by Crippen LogP contribution is -2.39. The number of benzene rings is 1. The van der Waals surface area contributed by atoms with Crippen LogP contribution in [0.1, 0.15) is 48.7 Å². The summed E-state index contributed by atoms with van der Waals surface area (Å²) < 4.78 is 0. The molecule has 2 heterocycles. The summed E-state index contributed by atoms with van der Waals surface area (Å²) in [5, 5.41) is 11.7. The predicted molar refractivity (Wildman–Crippen MR) is 96.4 cm³/mol. The third kappa shape index (κ3) is 3.94. The van der Waals surface area contributed by atoms with Gasteiger partial charge in [-0.1, -0.05) is 13.0 Å². The van der Waals surface area contributed by atoms with Gasteiger partial charge in [0, 0.05) is 24.3 Å². The summed E-state index contributed by atoms with van der Waals surface area (Å²) in [5.41, 5.74) is 1.40. The molecule has 6 heteroatoms. The van der Waals surface area contributed by atoms with E-state index < -0.39 is 0 Å². The van der Waals surface area contributed by atoms with Gasteiger partial charge in [0.1, 0.15) is 17.8 Å². The Kier molecular flexibility index (Phi) is 5.24. The zero-order valence-electron chi connectivity index (χ0n) is 14.3. The van der Waals surface area contributed by atoms with Crippen molar-refractivity contribution in [2.24, 2.45) is 0 Å². The van der Waals surface area contributed by atoms with E-state index in [1.165, 1.54) is 12.7 Å². The number of hydrogen-bond donors (Lipinski definition) is 1. The second-order valence-corrected chi connectivity index (χ2v) is 6.16. The van der Waals surface area contributed by atoms with Crippen LogP contribution in [0.4, 0.5) is 11.5 Å². The SMILES string of the molecule is CCC1CCCCN1c1cc(C(=O)Nc2cccc(C#N)c2)ncn1. The van der Waals surface area contributed by atoms with Crippen molar-refractivity contribution < 1.29 is 4.79 Å². The molecule has 2 aromatic rings. The van der Waals surface area contributed by atoms with Gasteiger partial charge in [-0.2, -0.15) is 5.26 Å². The van der Waals surface area contributed by atoms with E-state index in [-0.39, 0.29) is 5.91 Å². The summed E-state index contributed by atoms with van der Waals surface area (Å²) in [6.45, 7) is 3.14. The smallest absolute Gasteiger partial charge is 0.274 e. The highest BCUT2D eigenvalue weighted by molar-refractivity contribution is 6.03. The van der Waals surface area contributed by atoms with Crippen LogP contribution in [-0.4, -0.2) is 28.5 Å². The molecule has 25 heavy (non-hydrogen) atoms. The number of hydrogen-bond acceptors (Lipinski definition) is 5. The number of amides is 1. The van der Waals surface area contributed by atoms with E-state index in [9.17, 15) is 4.79 Å². The summed E-state index contributed by atoms with van der Waals surface area (Å²) in [7, 11) is 0. The third-order valence-electron chi connectivity index (χ3n) is 4.53. The molecule has 128 valence electrons. The average Bonchev–Trinajstić information content (AvgIpc) is 2.68. The van der Waals surface area contributed by atoms with Gasteiger partial charge in [-0.25, -0.2) is 9.97 Å². The van der Waals surface area contributed by atoms with E-state index in [4.69, 9.17) is 5.26 Å². The molecule has 1 atom stereocenters. The Bertz CT molecular complexity index is 798. The Labute approximate surface area is 147 Å². The van der Waals surface area contributed by atoms with Gasteiger partial charge in [-0.05, 0) is 43.9 Å². The molecule has 1 unspecified atom stereocenters. The molecule has 1 aromatic carbocycles. The van der Waals surface area contributed by atoms with Crippen LogP contribution in [0.2, 0.25) is 0 Å². The molecular formula is C19H21N5O. The molecule has 1 aliphatic rings. The fourth-order valence-electron chi connectivity index (χ4n) is 3.22. The van der Waals surface area contributed by atoms with Crippen molar-refractivity contribution in [3.8, 4) is 6.07 Å². The topological polar surface area (TPSA) is 81.9 Å². The van der Waals surface area contributed by atoms with Crippen molar-refractivity contribution in [2.45, 2.75) is 38.6 Å². The third-order valence-corrected chi connectivity index (χ3v) is 4.53. The number of nitrogens with zero attached hydrogens (tertiary/aromatic N) is 4. The van der Waals surface area contributed by atoms with Crippen LogP contribution in [0.5, 0.6) is 0 Å². The summed E-state index contributed by atoms with van der Waals surface area (Å²) in [5.74, 6) is 0.501. The number of piperidine rings is 1. The Morgan fingerprint density at radius 1 is 1.36 bits per heavy atom. The van der Waals surface area contributed by atoms with E-state index in [1.54, 1.807) is 30.3 Å². The zero-order valence-corrected chi connectivity index (χ0v) is 14.3. The normalized spacial score (nSPS) is 17.0. The maximum absolute atomic E-state index is 12.5. The minimum absolute atomic E-state index is 0.302. The highest BCUT2D eigenvalue weighted by Gasteiger charge is 2.23. The quantitative estimate of drug-likeness (QED) is 0.926. The summed E-state index contributed by atoms with van der Waals surface area (Å²) in [6.07, 6.45) is 6.04. The van der Waals surface area contributed by atoms with Gasteiger partial charge >= 0.3 is 0 Å². The molecule has 1 aliphatic heterocycles. The van der Waals surface area contributed by atoms with Gasteiger partial charge < -0.3 is 10.2 Å². The molecule has 6 nitrogen and oxygen atoms in total. The Morgan fingerprint density at radius 2 is 2.24 bits per heavy atom. The molecule has 0 spiro atoms. The monoisotopic (exact) mass is 335 g/mol. The minimum atomic E-state index is -0.302. The summed E-state index contributed by atoms with van der Waals surface area (Å²) in [4.78, 5) is 23.3. The van der Waals surface area contributed by atoms with E-state index in [0.717, 1.165) is 31.6 Å². The largest absolute Gasteiger partial charge is 0.354 e. The maximum Gasteiger partial charge on any atom is 0.274 e. The van der Waals surface area contributed by atoms with Crippen LogP contribution >= 0.6 is 0 Å². The van der Waals surface area contributed by atoms with Gasteiger partial charge in [-0.15, -0.1) is 0 Å². The number of rotatable bonds is 4. The van der Waals surface area contributed by atoms with Gasteiger partial charge in [-0.3, -0.25) is 4.79 Å². The van der Waals surface area contributed by atoms with Crippen molar-refractivity contribution >= 4 is 17.4 Å². The fraction of sp³-hybridized carbons (Fsp3) is 0.368. The molecular weight excluding hydrogens is 314 g/mol. The maximum atomic E-state index is 12.5. The van der Waals surface area contributed by atoms with Crippen molar-refractivity contribution in [1.29, 1.82) is 5.26 Å². The van der Waals surface area contributed by atoms with E-state index >= 15 is 0 Å². The number of anilines is 2. The molecule has 0 radical (unpaired) electrons. The first-order valence-corrected chi connectivity index (χ1v) is 8.61. The van der Waals surface area contributed by atoms with Crippen molar-refractivity contribution in [2.75, 3.05) is 16.8 Å². The number of nitriles is 1. The highest BCUT2D eigenvalue weighted by Crippen LogP contribution is 2.25. The first-order valence-electron chi connectivity index (χ1n) is 8.61. The lowest BCUT2D eigenvalue weighted by Gasteiger charge is -2.36. The summed E-state index contributed by atoms with van der Waals surface area (Å²) in [6, 6.07) is 11.1. The minimum Gasteiger partial charge on any atom is -0.354 e. The van der Waals surface area contributed by atoms with Gasteiger partial charge in [0.2, 0.25) is 0 Å². The molecule has 0 aliphatic carbocycles. The first kappa shape index (κ1) is 16.9. The van der Waals surface area contributed by atoms with Crippen LogP contribution in [0.15, 0.2) is 36.7 Å². The van der Waals surface area contributed by atoms with Crippen molar-refractivity contribution in [1.82, 2.24) is 9.97 Å². The molecule has 0 bridgehead atoms. The van der Waals surface area contributed by atoms with E-state index in [0.29, 0.717) is 23.0 Å². The fourth-order valence-corrected chi connectivity index (χ4v) is 3.22. The Morgan fingerprint density at radius 3 is 3.04 bits per heavy atom. The predicted octanol–water partition coefficient (Wildman–Crippen LogP) is 3.37. The molecule has 1 fully saturated rings. The lowest BCUT2D eigenvalue weighted by molar-refractivity contribution is 0.102. The van der Waals surface area contributed by atoms with Gasteiger partial charge in [0.15, 0.2) is 0 Å². The van der Waals surface area contributed by atoms with Crippen LogP contribution in [0.25, 0.3) is 0 Å². The summed E-state index contributed by atoms with van der Waals surface area (Å²) >= 11 is 0. The molecule has 1 amide bonds. The first-order chi connectivity index (χ1) is 12.2. The number of nitrogens with one attached hydrogen (secondary N) is 1. The second kappa shape index (κ2) is 7.75.